The zero-order chi connectivity index (χ0) is 11.4. The smallest absolute Gasteiger partial charge is 0.0598 e. The van der Waals surface area contributed by atoms with E-state index in [2.05, 4.69) is 25.2 Å². The van der Waals surface area contributed by atoms with Crippen LogP contribution < -0.4 is 5.32 Å². The maximum atomic E-state index is 5.93. The third-order valence-electron chi connectivity index (χ3n) is 2.45. The molecule has 0 aliphatic heterocycles. The predicted molar refractivity (Wildman–Crippen MR) is 68.6 cm³/mol. The molecule has 1 aromatic rings. The van der Waals surface area contributed by atoms with Crippen molar-refractivity contribution in [2.24, 2.45) is 0 Å². The highest BCUT2D eigenvalue weighted by atomic mass is 35.5. The first-order valence-corrected chi connectivity index (χ1v) is 5.60. The number of nitrogens with one attached hydrogen (secondary N) is 1. The van der Waals surface area contributed by atoms with E-state index in [1.54, 1.807) is 0 Å². The minimum absolute atomic E-state index is 0.361. The topological polar surface area (TPSA) is 12.0 Å². The van der Waals surface area contributed by atoms with Crippen molar-refractivity contribution in [3.05, 3.63) is 39.4 Å². The van der Waals surface area contributed by atoms with Crippen LogP contribution in [0.15, 0.2) is 23.8 Å². The van der Waals surface area contributed by atoms with Crippen molar-refractivity contribution in [3.63, 3.8) is 0 Å². The fourth-order valence-electron chi connectivity index (χ4n) is 1.22. The lowest BCUT2D eigenvalue weighted by Crippen LogP contribution is -2.21. The molecule has 0 saturated heterocycles. The molecule has 0 aromatic heterocycles. The van der Waals surface area contributed by atoms with E-state index >= 15 is 0 Å². The van der Waals surface area contributed by atoms with Gasteiger partial charge in [0.05, 0.1) is 10.0 Å². The van der Waals surface area contributed by atoms with Crippen molar-refractivity contribution in [2.75, 3.05) is 7.05 Å². The Morgan fingerprint density at radius 2 is 2.00 bits per heavy atom. The molecule has 1 aromatic carbocycles. The van der Waals surface area contributed by atoms with E-state index in [4.69, 9.17) is 23.2 Å². The second-order valence-electron chi connectivity index (χ2n) is 3.57. The first-order valence-electron chi connectivity index (χ1n) is 4.85. The fraction of sp³-hybridized carbons (Fsp3) is 0.333. The average molecular weight is 244 g/mol. The summed E-state index contributed by atoms with van der Waals surface area (Å²) in [5.74, 6) is 0. The largest absolute Gasteiger partial charge is 0.314 e. The highest BCUT2D eigenvalue weighted by Crippen LogP contribution is 2.23. The van der Waals surface area contributed by atoms with Crippen LogP contribution in [-0.4, -0.2) is 13.1 Å². The molecule has 1 atom stereocenters. The van der Waals surface area contributed by atoms with Crippen molar-refractivity contribution in [2.45, 2.75) is 19.9 Å². The van der Waals surface area contributed by atoms with Gasteiger partial charge in [0.1, 0.15) is 0 Å². The van der Waals surface area contributed by atoms with Gasteiger partial charge in [0, 0.05) is 6.04 Å². The van der Waals surface area contributed by atoms with Gasteiger partial charge in [-0.3, -0.25) is 0 Å². The van der Waals surface area contributed by atoms with E-state index in [0.29, 0.717) is 16.1 Å². The van der Waals surface area contributed by atoms with Gasteiger partial charge in [-0.25, -0.2) is 0 Å². The van der Waals surface area contributed by atoms with E-state index in [1.807, 2.05) is 25.2 Å². The number of benzene rings is 1. The molecule has 0 saturated carbocycles. The van der Waals surface area contributed by atoms with Gasteiger partial charge in [-0.05, 0) is 38.6 Å². The monoisotopic (exact) mass is 243 g/mol. The van der Waals surface area contributed by atoms with Gasteiger partial charge < -0.3 is 5.32 Å². The highest BCUT2D eigenvalue weighted by Gasteiger charge is 2.02. The number of likely N-dealkylation sites (N-methyl/N-ethyl adjacent to an activating group) is 1. The van der Waals surface area contributed by atoms with Crippen LogP contribution in [0.2, 0.25) is 10.0 Å². The van der Waals surface area contributed by atoms with Crippen molar-refractivity contribution < 1.29 is 0 Å². The van der Waals surface area contributed by atoms with E-state index in [-0.39, 0.29) is 0 Å². The molecule has 0 fully saturated rings. The first-order chi connectivity index (χ1) is 7.04. The van der Waals surface area contributed by atoms with Crippen molar-refractivity contribution >= 4 is 29.3 Å². The van der Waals surface area contributed by atoms with Crippen molar-refractivity contribution in [3.8, 4) is 0 Å². The third kappa shape index (κ3) is 3.53. The molecule has 3 heteroatoms. The first kappa shape index (κ1) is 12.6. The molecule has 1 rings (SSSR count). The molecule has 1 N–H and O–H groups in total. The van der Waals surface area contributed by atoms with Crippen LogP contribution in [0, 0.1) is 0 Å². The Bertz CT molecular complexity index is 372. The molecule has 1 unspecified atom stereocenters. The lowest BCUT2D eigenvalue weighted by molar-refractivity contribution is 0.696. The summed E-state index contributed by atoms with van der Waals surface area (Å²) in [6.07, 6.45) is 2.10. The summed E-state index contributed by atoms with van der Waals surface area (Å²) in [5, 5.41) is 4.37. The summed E-state index contributed by atoms with van der Waals surface area (Å²) in [5.41, 5.74) is 2.33. The summed E-state index contributed by atoms with van der Waals surface area (Å²) in [7, 11) is 1.94. The highest BCUT2D eigenvalue weighted by molar-refractivity contribution is 6.42. The Morgan fingerprint density at radius 1 is 1.33 bits per heavy atom. The predicted octanol–water partition coefficient (Wildman–Crippen LogP) is 4.00. The molecule has 1 nitrogen and oxygen atoms in total. The fourth-order valence-corrected chi connectivity index (χ4v) is 1.52. The Labute approximate surface area is 101 Å². The second-order valence-corrected chi connectivity index (χ2v) is 4.39. The number of halogens is 2. The summed E-state index contributed by atoms with van der Waals surface area (Å²) >= 11 is 11.8. The van der Waals surface area contributed by atoms with Crippen molar-refractivity contribution in [1.29, 1.82) is 0 Å². The normalized spacial score (nSPS) is 14.1. The second kappa shape index (κ2) is 5.55. The van der Waals surface area contributed by atoms with Crippen LogP contribution in [0.4, 0.5) is 0 Å². The molecule has 0 bridgehead atoms. The van der Waals surface area contributed by atoms with E-state index in [9.17, 15) is 0 Å². The van der Waals surface area contributed by atoms with E-state index in [1.165, 1.54) is 5.57 Å². The van der Waals surface area contributed by atoms with Gasteiger partial charge in [-0.2, -0.15) is 0 Å². The van der Waals surface area contributed by atoms with Crippen molar-refractivity contribution in [1.82, 2.24) is 5.32 Å². The maximum Gasteiger partial charge on any atom is 0.0598 e. The molecular formula is C12H15Cl2N. The van der Waals surface area contributed by atoms with Crippen LogP contribution in [0.3, 0.4) is 0 Å². The van der Waals surface area contributed by atoms with Gasteiger partial charge in [0.25, 0.3) is 0 Å². The van der Waals surface area contributed by atoms with Crippen LogP contribution in [0.1, 0.15) is 19.4 Å². The third-order valence-corrected chi connectivity index (χ3v) is 3.19. The van der Waals surface area contributed by atoms with Gasteiger partial charge in [-0.15, -0.1) is 0 Å². The summed E-state index contributed by atoms with van der Waals surface area (Å²) < 4.78 is 0. The Morgan fingerprint density at radius 3 is 2.53 bits per heavy atom. The van der Waals surface area contributed by atoms with Gasteiger partial charge in [0.2, 0.25) is 0 Å². The van der Waals surface area contributed by atoms with E-state index < -0.39 is 0 Å². The minimum atomic E-state index is 0.361. The number of rotatable bonds is 3. The number of hydrogen-bond acceptors (Lipinski definition) is 1. The molecule has 0 radical (unpaired) electrons. The zero-order valence-corrected chi connectivity index (χ0v) is 10.7. The molecule has 0 spiro atoms. The zero-order valence-electron chi connectivity index (χ0n) is 9.14. The average Bonchev–Trinajstić information content (AvgIpc) is 2.22. The van der Waals surface area contributed by atoms with E-state index in [0.717, 1.165) is 5.56 Å². The minimum Gasteiger partial charge on any atom is -0.314 e. The SMILES string of the molecule is CNC(C)/C(C)=C/c1ccc(Cl)c(Cl)c1. The lowest BCUT2D eigenvalue weighted by Gasteiger charge is -2.10. The van der Waals surface area contributed by atoms with Gasteiger partial charge in [-0.1, -0.05) is 40.9 Å². The van der Waals surface area contributed by atoms with Crippen LogP contribution in [0.5, 0.6) is 0 Å². The number of hydrogen-bond donors (Lipinski definition) is 1. The van der Waals surface area contributed by atoms with Crippen LogP contribution in [0.25, 0.3) is 6.08 Å². The van der Waals surface area contributed by atoms with Crippen LogP contribution >= 0.6 is 23.2 Å². The summed E-state index contributed by atoms with van der Waals surface area (Å²) in [4.78, 5) is 0. The molecule has 0 heterocycles. The Balaban J connectivity index is 2.93. The maximum absolute atomic E-state index is 5.93. The molecule has 15 heavy (non-hydrogen) atoms. The molecule has 0 aliphatic carbocycles. The molecular weight excluding hydrogens is 229 g/mol. The standard InChI is InChI=1S/C12H15Cl2N/c1-8(9(2)15-3)6-10-4-5-11(13)12(14)7-10/h4-7,9,15H,1-3H3/b8-6+. The molecule has 82 valence electrons. The Hall–Kier alpha value is -0.500. The van der Waals surface area contributed by atoms with Crippen LogP contribution in [-0.2, 0) is 0 Å². The lowest BCUT2D eigenvalue weighted by atomic mass is 10.1. The summed E-state index contributed by atoms with van der Waals surface area (Å²) in [6, 6.07) is 6.00. The summed E-state index contributed by atoms with van der Waals surface area (Å²) in [6.45, 7) is 4.20. The Kier molecular flexibility index (Phi) is 4.65. The quantitative estimate of drug-likeness (QED) is 0.847. The van der Waals surface area contributed by atoms with Gasteiger partial charge >= 0.3 is 0 Å². The molecule has 0 aliphatic rings. The molecule has 0 amide bonds. The van der Waals surface area contributed by atoms with Gasteiger partial charge in [0.15, 0.2) is 0 Å².